The second kappa shape index (κ2) is 41.2. The number of nitrogens with one attached hydrogen (secondary N) is 2. The third-order valence-electron chi connectivity index (χ3n) is 16.9. The van der Waals surface area contributed by atoms with Gasteiger partial charge in [-0.15, -0.1) is 0 Å². The third-order valence-corrected chi connectivity index (χ3v) is 17.0. The number of amides is 2. The van der Waals surface area contributed by atoms with Gasteiger partial charge in [0.25, 0.3) is 0 Å². The Morgan fingerprint density at radius 1 is 0.500 bits per heavy atom. The van der Waals surface area contributed by atoms with E-state index in [9.17, 15) is 78.2 Å². The topological polar surface area (TPSA) is 414 Å². The average molecular weight is 1550 g/mol. The van der Waals surface area contributed by atoms with Gasteiger partial charge in [0.15, 0.2) is 28.9 Å². The molecule has 2 amide bonds. The molecule has 6 aromatic carbocycles. The van der Waals surface area contributed by atoms with Crippen LogP contribution in [0.1, 0.15) is 112 Å². The quantitative estimate of drug-likeness (QED) is 0.00549. The lowest BCUT2D eigenvalue weighted by Crippen LogP contribution is -2.18. The van der Waals surface area contributed by atoms with Crippen LogP contribution in [0.2, 0.25) is 0 Å². The van der Waals surface area contributed by atoms with Gasteiger partial charge in [-0.3, -0.25) is 28.4 Å². The minimum atomic E-state index is -1.21. The van der Waals surface area contributed by atoms with Gasteiger partial charge in [0, 0.05) is 143 Å². The SMILES string of the molecule is CCOC(CCCC(=O)Nc1ccc(-c2c3ccc(=O)cc-3oc3cc(O)ccc23)c(C(=O)O)c1)OCC.CCOC(CCCN)OCC.O=C(O)c1cc(N=C=S)ccc1-c1c2ccc(=O)cc-2oc2cc(O)ccc12.O=CCCCC(=O)Nc1ccc(-c2c3ccc(=O)cc-3oc3cc(O)ccc23)c(C(=O)O)c1.[2H]CF. The second-order valence-electron chi connectivity index (χ2n) is 24.5. The van der Waals surface area contributed by atoms with Gasteiger partial charge in [0.05, 0.1) is 36.1 Å². The predicted molar refractivity (Wildman–Crippen MR) is 425 cm³/mol. The molecule has 0 saturated carbocycles. The van der Waals surface area contributed by atoms with Crippen LogP contribution in [0.4, 0.5) is 21.5 Å². The van der Waals surface area contributed by atoms with Crippen molar-refractivity contribution in [2.45, 2.75) is 91.6 Å². The molecule has 112 heavy (non-hydrogen) atoms. The molecule has 28 heteroatoms. The highest BCUT2D eigenvalue weighted by Gasteiger charge is 2.27. The number of benzene rings is 9. The van der Waals surface area contributed by atoms with Gasteiger partial charge in [-0.05, 0) is 204 Å². The van der Waals surface area contributed by atoms with Crippen LogP contribution < -0.4 is 32.7 Å². The van der Waals surface area contributed by atoms with Crippen LogP contribution in [0.3, 0.4) is 0 Å². The number of nitrogens with zero attached hydrogens (tertiary/aromatic N) is 1. The zero-order valence-corrected chi connectivity index (χ0v) is 62.1. The highest BCUT2D eigenvalue weighted by Crippen LogP contribution is 2.46. The molecule has 0 bridgehead atoms. The average Bonchev–Trinajstić information content (AvgIpc) is 0.761. The van der Waals surface area contributed by atoms with Crippen molar-refractivity contribution in [1.82, 2.24) is 0 Å². The summed E-state index contributed by atoms with van der Waals surface area (Å²) in [6.07, 6.45) is 4.33. The fourth-order valence-electron chi connectivity index (χ4n) is 12.2. The molecule has 0 aromatic heterocycles. The van der Waals surface area contributed by atoms with Crippen molar-refractivity contribution >= 4 is 103 Å². The molecular weight excluding hydrogens is 1470 g/mol. The second-order valence-corrected chi connectivity index (χ2v) is 24.7. The largest absolute Gasteiger partial charge is 0.508 e. The molecule has 3 aliphatic heterocycles. The molecule has 10 N–H and O–H groups in total. The Kier molecular flexibility index (Phi) is 30.7. The standard InChI is InChI=1S/C29H29NO8.C25H19NO7.C21H11NO5S.C8H19NO2.CH3F/c1-3-36-27(37-4-2)7-5-6-26(33)30-17-8-11-20(23(14-17)29(34)35)28-21-12-9-18(31)15-24(21)38-25-16-19(32)10-13-22(25)28;27-10-2-1-3-23(30)26-14-4-7-17(20(11-14)25(31)32)24-18-8-5-15(28)12-21(18)33-22-13-16(29)6-9-19(22)24;23-12-2-5-15-18(8-12)27-19-9-13(24)3-6-16(19)20(15)14-4-1-11(22-10-28)7-17(14)21(25)26;1-3-10-8(11-4-2)6-5-7-9;1-2/h8-16,27,31H,3-7H2,1-2H3,(H,30,33)(H,34,35);4-13,28H,1-3H2,(H,26,30)(H,31,32);1-9,23H,(H,25,26);8H,3-7,9H2,1-2H3;1H3/i;;;;1D. The Morgan fingerprint density at radius 3 is 1.18 bits per heavy atom. The Bertz CT molecular complexity index is 5510. The number of hydrogen-bond donors (Lipinski definition) is 9. The molecule has 0 radical (unpaired) electrons. The fraction of sp³-hybridized carbons (Fsp3) is 0.238. The number of carbonyl (C=O) groups excluding carboxylic acids is 3. The summed E-state index contributed by atoms with van der Waals surface area (Å²) in [6.45, 7) is 10.8. The Morgan fingerprint density at radius 2 is 0.839 bits per heavy atom. The zero-order chi connectivity index (χ0) is 81.8. The number of unbranched alkanes of at least 4 members (excludes halogenated alkanes) is 1. The lowest BCUT2D eigenvalue weighted by molar-refractivity contribution is -0.140. The first-order valence-corrected chi connectivity index (χ1v) is 35.7. The number of alkyl halides is 1. The van der Waals surface area contributed by atoms with E-state index in [1.54, 1.807) is 72.8 Å². The lowest BCUT2D eigenvalue weighted by Gasteiger charge is -2.18. The van der Waals surface area contributed by atoms with E-state index in [4.69, 9.17) is 39.3 Å². The van der Waals surface area contributed by atoms with Crippen molar-refractivity contribution in [2.24, 2.45) is 10.7 Å². The molecule has 6 aromatic rings. The van der Waals surface area contributed by atoms with Crippen LogP contribution >= 0.6 is 12.2 Å². The molecule has 0 unspecified atom stereocenters. The normalized spacial score (nSPS) is 11.0. The molecular formula is C84H81FN4O22S. The summed E-state index contributed by atoms with van der Waals surface area (Å²) in [5, 5.41) is 68.7. The van der Waals surface area contributed by atoms with Gasteiger partial charge in [-0.1, -0.05) is 18.2 Å². The zero-order valence-electron chi connectivity index (χ0n) is 62.2. The number of carboxylic acid groups (broad SMARTS) is 3. The molecule has 26 nitrogen and oxygen atoms in total. The van der Waals surface area contributed by atoms with Crippen LogP contribution in [-0.2, 0) is 33.3 Å². The lowest BCUT2D eigenvalue weighted by atomic mass is 9.90. The molecule has 582 valence electrons. The number of phenolic OH excluding ortho intramolecular Hbond substituents is 3. The number of hydrogen-bond acceptors (Lipinski definition) is 22. The smallest absolute Gasteiger partial charge is 0.336 e. The maximum absolute atomic E-state index is 12.6. The number of anilines is 2. The number of carboxylic acids is 3. The van der Waals surface area contributed by atoms with E-state index in [0.717, 1.165) is 19.1 Å². The summed E-state index contributed by atoms with van der Waals surface area (Å²) in [5.41, 5.74) is 10.8. The van der Waals surface area contributed by atoms with Crippen LogP contribution in [0.5, 0.6) is 17.2 Å². The van der Waals surface area contributed by atoms with E-state index in [1.807, 2.05) is 27.7 Å². The van der Waals surface area contributed by atoms with Crippen LogP contribution in [0.25, 0.3) is 100 Å². The van der Waals surface area contributed by atoms with E-state index < -0.39 is 25.1 Å². The van der Waals surface area contributed by atoms with E-state index in [-0.39, 0.29) is 117 Å². The maximum Gasteiger partial charge on any atom is 0.336 e. The number of phenols is 3. The number of aromatic hydroxyl groups is 3. The minimum Gasteiger partial charge on any atom is -0.508 e. The first kappa shape index (κ1) is 83.4. The summed E-state index contributed by atoms with van der Waals surface area (Å²) >= 11 is 4.59. The van der Waals surface area contributed by atoms with Crippen LogP contribution in [-0.4, -0.2) is 125 Å². The Labute approximate surface area is 646 Å². The monoisotopic (exact) mass is 1550 g/mol. The maximum atomic E-state index is 12.6. The fourth-order valence-corrected chi connectivity index (χ4v) is 12.3. The Balaban J connectivity index is 0.000000197. The summed E-state index contributed by atoms with van der Waals surface area (Å²) in [7, 11) is -1.00. The Hall–Kier alpha value is -12.7. The van der Waals surface area contributed by atoms with Gasteiger partial charge in [0.2, 0.25) is 11.8 Å². The summed E-state index contributed by atoms with van der Waals surface area (Å²) in [4.78, 5) is 111. The number of carbonyl (C=O) groups is 6. The number of fused-ring (bicyclic) bond motifs is 6. The van der Waals surface area contributed by atoms with Crippen molar-refractivity contribution in [3.63, 3.8) is 0 Å². The van der Waals surface area contributed by atoms with E-state index >= 15 is 0 Å². The number of thiocarbonyl (C=S) groups is 1. The van der Waals surface area contributed by atoms with E-state index in [1.165, 1.54) is 91.0 Å². The summed E-state index contributed by atoms with van der Waals surface area (Å²) in [6, 6.07) is 40.2. The number of aliphatic imine (C=N–C) groups is 1. The third kappa shape index (κ3) is 22.1. The van der Waals surface area contributed by atoms with Crippen molar-refractivity contribution in [1.29, 1.82) is 0 Å². The molecule has 0 spiro atoms. The molecule has 0 saturated heterocycles. The van der Waals surface area contributed by atoms with Gasteiger partial charge in [-0.25, -0.2) is 14.4 Å². The highest BCUT2D eigenvalue weighted by atomic mass is 32.1. The minimum absolute atomic E-state index is 0.0102. The number of nitrogens with two attached hydrogens (primary N) is 1. The number of isothiocyanates is 1. The highest BCUT2D eigenvalue weighted by molar-refractivity contribution is 7.78. The molecule has 6 aliphatic rings. The number of halogens is 1. The van der Waals surface area contributed by atoms with Crippen molar-refractivity contribution in [3.8, 4) is 84.6 Å². The van der Waals surface area contributed by atoms with Crippen molar-refractivity contribution < 1.29 is 97.4 Å². The van der Waals surface area contributed by atoms with Gasteiger partial charge < -0.3 is 84.0 Å². The van der Waals surface area contributed by atoms with Crippen LogP contribution in [0, 0.1) is 0 Å². The number of aldehydes is 1. The van der Waals surface area contributed by atoms with E-state index in [0.29, 0.717) is 147 Å². The molecule has 12 rings (SSSR count). The molecule has 0 fully saturated rings. The van der Waals surface area contributed by atoms with Gasteiger partial charge >= 0.3 is 17.9 Å². The van der Waals surface area contributed by atoms with Crippen molar-refractivity contribution in [3.05, 3.63) is 211 Å². The molecule has 3 aliphatic carbocycles. The number of ether oxygens (including phenoxy) is 4. The van der Waals surface area contributed by atoms with Gasteiger partial charge in [0.1, 0.15) is 57.6 Å². The first-order chi connectivity index (χ1) is 54.4. The number of rotatable bonds is 28. The predicted octanol–water partition coefficient (Wildman–Crippen LogP) is 16.2. The van der Waals surface area contributed by atoms with Gasteiger partial charge in [-0.2, -0.15) is 4.99 Å². The number of aromatic carboxylic acids is 3. The molecule has 0 atom stereocenters. The molecule has 3 heterocycles. The summed E-state index contributed by atoms with van der Waals surface area (Å²) in [5.74, 6) is -3.40. The van der Waals surface area contributed by atoms with E-state index in [2.05, 4.69) is 33.0 Å². The first-order valence-electron chi connectivity index (χ1n) is 36.0. The summed E-state index contributed by atoms with van der Waals surface area (Å²) < 4.78 is 54.5. The van der Waals surface area contributed by atoms with Crippen molar-refractivity contribution in [2.75, 3.05) is 50.8 Å². The van der Waals surface area contributed by atoms with Crippen LogP contribution in [0.15, 0.2) is 196 Å².